The molecule has 0 spiro atoms. The highest BCUT2D eigenvalue weighted by Gasteiger charge is 2.22. The van der Waals surface area contributed by atoms with E-state index in [1.54, 1.807) is 14.0 Å². The first-order chi connectivity index (χ1) is 9.81. The Balaban J connectivity index is 3.07. The molecular formula is C15H26N2O3S. The number of anilines is 1. The van der Waals surface area contributed by atoms with Crippen LogP contribution in [0, 0.1) is 13.8 Å². The fraction of sp³-hybridized carbons (Fsp3) is 0.600. The second-order valence-electron chi connectivity index (χ2n) is 5.34. The Morgan fingerprint density at radius 2 is 1.81 bits per heavy atom. The monoisotopic (exact) mass is 314 g/mol. The lowest BCUT2D eigenvalue weighted by Crippen LogP contribution is -2.36. The number of methoxy groups -OCH3 is 1. The molecule has 1 atom stereocenters. The zero-order valence-corrected chi connectivity index (χ0v) is 14.3. The second kappa shape index (κ2) is 7.77. The highest BCUT2D eigenvalue weighted by Crippen LogP contribution is 2.24. The van der Waals surface area contributed by atoms with Gasteiger partial charge in [0, 0.05) is 25.4 Å². The average Bonchev–Trinajstić information content (AvgIpc) is 2.34. The summed E-state index contributed by atoms with van der Waals surface area (Å²) in [5.74, 6) is 0. The molecule has 120 valence electrons. The SMILES string of the molecule is CCCNc1cc(C)c(S(=O)(=O)NC(C)COC)c(C)c1. The van der Waals surface area contributed by atoms with Crippen LogP contribution >= 0.6 is 0 Å². The number of nitrogens with one attached hydrogen (secondary N) is 2. The van der Waals surface area contributed by atoms with Gasteiger partial charge in [-0.2, -0.15) is 0 Å². The average molecular weight is 314 g/mol. The third-order valence-corrected chi connectivity index (χ3v) is 4.98. The minimum Gasteiger partial charge on any atom is -0.385 e. The molecule has 1 rings (SSSR count). The van der Waals surface area contributed by atoms with E-state index >= 15 is 0 Å². The molecule has 21 heavy (non-hydrogen) atoms. The van der Waals surface area contributed by atoms with Crippen LogP contribution in [-0.4, -0.2) is 34.7 Å². The summed E-state index contributed by atoms with van der Waals surface area (Å²) in [5, 5.41) is 3.28. The van der Waals surface area contributed by atoms with Crippen molar-refractivity contribution in [2.24, 2.45) is 0 Å². The van der Waals surface area contributed by atoms with Gasteiger partial charge in [-0.05, 0) is 50.5 Å². The molecule has 1 aromatic rings. The van der Waals surface area contributed by atoms with E-state index in [9.17, 15) is 8.42 Å². The molecule has 0 aliphatic heterocycles. The molecule has 0 amide bonds. The summed E-state index contributed by atoms with van der Waals surface area (Å²) in [7, 11) is -1.99. The summed E-state index contributed by atoms with van der Waals surface area (Å²) in [5.41, 5.74) is 2.44. The number of hydrogen-bond donors (Lipinski definition) is 2. The highest BCUT2D eigenvalue weighted by molar-refractivity contribution is 7.89. The van der Waals surface area contributed by atoms with Gasteiger partial charge in [0.15, 0.2) is 0 Å². The first-order valence-electron chi connectivity index (χ1n) is 7.18. The Hall–Kier alpha value is -1.11. The quantitative estimate of drug-likeness (QED) is 0.773. The highest BCUT2D eigenvalue weighted by atomic mass is 32.2. The van der Waals surface area contributed by atoms with Crippen LogP contribution in [0.1, 0.15) is 31.4 Å². The lowest BCUT2D eigenvalue weighted by atomic mass is 10.1. The van der Waals surface area contributed by atoms with E-state index in [2.05, 4.69) is 17.0 Å². The van der Waals surface area contributed by atoms with Gasteiger partial charge >= 0.3 is 0 Å². The minimum atomic E-state index is -3.54. The van der Waals surface area contributed by atoms with E-state index in [0.29, 0.717) is 11.5 Å². The Labute approximate surface area is 128 Å². The second-order valence-corrected chi connectivity index (χ2v) is 6.99. The van der Waals surface area contributed by atoms with Crippen molar-refractivity contribution in [2.45, 2.75) is 45.1 Å². The van der Waals surface area contributed by atoms with Gasteiger partial charge in [0.2, 0.25) is 10.0 Å². The van der Waals surface area contributed by atoms with Crippen LogP contribution in [0.25, 0.3) is 0 Å². The Kier molecular flexibility index (Phi) is 6.64. The molecule has 0 aliphatic rings. The molecule has 0 saturated carbocycles. The lowest BCUT2D eigenvalue weighted by molar-refractivity contribution is 0.180. The molecule has 0 fully saturated rings. The van der Waals surface area contributed by atoms with Crippen molar-refractivity contribution in [2.75, 3.05) is 25.6 Å². The largest absolute Gasteiger partial charge is 0.385 e. The van der Waals surface area contributed by atoms with E-state index in [4.69, 9.17) is 4.74 Å². The van der Waals surface area contributed by atoms with Gasteiger partial charge in [0.1, 0.15) is 0 Å². The fourth-order valence-corrected chi connectivity index (χ4v) is 4.03. The predicted octanol–water partition coefficient (Wildman–Crippen LogP) is 2.44. The van der Waals surface area contributed by atoms with Crippen molar-refractivity contribution in [3.63, 3.8) is 0 Å². The summed E-state index contributed by atoms with van der Waals surface area (Å²) >= 11 is 0. The van der Waals surface area contributed by atoms with Gasteiger partial charge in [-0.15, -0.1) is 0 Å². The van der Waals surface area contributed by atoms with E-state index in [1.165, 1.54) is 0 Å². The topological polar surface area (TPSA) is 67.4 Å². The number of benzene rings is 1. The number of ether oxygens (including phenoxy) is 1. The number of aryl methyl sites for hydroxylation is 2. The van der Waals surface area contributed by atoms with E-state index in [0.717, 1.165) is 29.8 Å². The molecule has 5 nitrogen and oxygen atoms in total. The zero-order chi connectivity index (χ0) is 16.0. The molecule has 1 unspecified atom stereocenters. The van der Waals surface area contributed by atoms with Crippen LogP contribution < -0.4 is 10.0 Å². The van der Waals surface area contributed by atoms with Gasteiger partial charge in [-0.3, -0.25) is 0 Å². The van der Waals surface area contributed by atoms with Gasteiger partial charge in [0.05, 0.1) is 11.5 Å². The molecule has 6 heteroatoms. The number of sulfonamides is 1. The Morgan fingerprint density at radius 1 is 1.24 bits per heavy atom. The summed E-state index contributed by atoms with van der Waals surface area (Å²) in [6, 6.07) is 3.48. The molecule has 1 aromatic carbocycles. The standard InChI is InChI=1S/C15H26N2O3S/c1-6-7-16-14-8-11(2)15(12(3)9-14)21(18,19)17-13(4)10-20-5/h8-9,13,16-17H,6-7,10H2,1-5H3. The Morgan fingerprint density at radius 3 is 2.29 bits per heavy atom. The predicted molar refractivity (Wildman–Crippen MR) is 86.4 cm³/mol. The van der Waals surface area contributed by atoms with Crippen molar-refractivity contribution < 1.29 is 13.2 Å². The molecule has 0 aliphatic carbocycles. The van der Waals surface area contributed by atoms with Crippen molar-refractivity contribution in [3.05, 3.63) is 23.3 Å². The summed E-state index contributed by atoms with van der Waals surface area (Å²) in [6.45, 7) is 8.72. The lowest BCUT2D eigenvalue weighted by Gasteiger charge is -2.17. The van der Waals surface area contributed by atoms with Crippen molar-refractivity contribution in [1.29, 1.82) is 0 Å². The zero-order valence-electron chi connectivity index (χ0n) is 13.5. The summed E-state index contributed by atoms with van der Waals surface area (Å²) < 4.78 is 32.6. The molecule has 0 radical (unpaired) electrons. The van der Waals surface area contributed by atoms with Gasteiger partial charge in [0.25, 0.3) is 0 Å². The molecule has 0 bridgehead atoms. The number of rotatable bonds is 8. The maximum atomic E-state index is 12.5. The Bertz CT molecular complexity index is 547. The van der Waals surface area contributed by atoms with E-state index in [-0.39, 0.29) is 6.04 Å². The van der Waals surface area contributed by atoms with Crippen LogP contribution in [0.15, 0.2) is 17.0 Å². The number of hydrogen-bond acceptors (Lipinski definition) is 4. The third kappa shape index (κ3) is 4.98. The van der Waals surface area contributed by atoms with Crippen molar-refractivity contribution >= 4 is 15.7 Å². The molecular weight excluding hydrogens is 288 g/mol. The first-order valence-corrected chi connectivity index (χ1v) is 8.66. The molecule has 0 saturated heterocycles. The smallest absolute Gasteiger partial charge is 0.241 e. The molecule has 2 N–H and O–H groups in total. The molecule has 0 heterocycles. The van der Waals surface area contributed by atoms with Gasteiger partial charge < -0.3 is 10.1 Å². The van der Waals surface area contributed by atoms with Crippen LogP contribution in [0.4, 0.5) is 5.69 Å². The van der Waals surface area contributed by atoms with Gasteiger partial charge in [-0.1, -0.05) is 6.92 Å². The van der Waals surface area contributed by atoms with Crippen molar-refractivity contribution in [3.8, 4) is 0 Å². The van der Waals surface area contributed by atoms with Crippen LogP contribution in [0.2, 0.25) is 0 Å². The fourth-order valence-electron chi connectivity index (χ4n) is 2.35. The van der Waals surface area contributed by atoms with Crippen molar-refractivity contribution in [1.82, 2.24) is 4.72 Å². The van der Waals surface area contributed by atoms with E-state index < -0.39 is 10.0 Å². The normalized spacial score (nSPS) is 13.2. The summed E-state index contributed by atoms with van der Waals surface area (Å²) in [6.07, 6.45) is 1.02. The minimum absolute atomic E-state index is 0.267. The van der Waals surface area contributed by atoms with Crippen LogP contribution in [-0.2, 0) is 14.8 Å². The van der Waals surface area contributed by atoms with Gasteiger partial charge in [-0.25, -0.2) is 13.1 Å². The molecule has 0 aromatic heterocycles. The summed E-state index contributed by atoms with van der Waals surface area (Å²) in [4.78, 5) is 0.354. The first kappa shape index (κ1) is 17.9. The maximum Gasteiger partial charge on any atom is 0.241 e. The van der Waals surface area contributed by atoms with Crippen LogP contribution in [0.5, 0.6) is 0 Å². The van der Waals surface area contributed by atoms with E-state index in [1.807, 2.05) is 26.0 Å². The van der Waals surface area contributed by atoms with Crippen LogP contribution in [0.3, 0.4) is 0 Å². The third-order valence-electron chi connectivity index (χ3n) is 3.08. The maximum absolute atomic E-state index is 12.5.